The van der Waals surface area contributed by atoms with Crippen LogP contribution in [0.5, 0.6) is 5.75 Å². The zero-order valence-electron chi connectivity index (χ0n) is 23.5. The van der Waals surface area contributed by atoms with E-state index in [4.69, 9.17) is 4.74 Å². The van der Waals surface area contributed by atoms with E-state index in [0.717, 1.165) is 38.8 Å². The summed E-state index contributed by atoms with van der Waals surface area (Å²) in [6.07, 6.45) is 2.14. The van der Waals surface area contributed by atoms with Crippen LogP contribution in [0.15, 0.2) is 84.0 Å². The number of nitrogens with zero attached hydrogens (tertiary/aromatic N) is 3. The molecular formula is C32H31N3O5S. The van der Waals surface area contributed by atoms with Gasteiger partial charge in [-0.2, -0.15) is 0 Å². The molecule has 0 aliphatic heterocycles. The number of amides is 1. The van der Waals surface area contributed by atoms with Crippen molar-refractivity contribution in [2.75, 3.05) is 12.0 Å². The molecule has 0 radical (unpaired) electrons. The van der Waals surface area contributed by atoms with Crippen LogP contribution in [0.25, 0.3) is 22.0 Å². The van der Waals surface area contributed by atoms with E-state index in [0.29, 0.717) is 22.6 Å². The molecule has 0 aliphatic carbocycles. The van der Waals surface area contributed by atoms with Crippen molar-refractivity contribution in [3.63, 3.8) is 0 Å². The average Bonchev–Trinajstić information content (AvgIpc) is 3.37. The van der Waals surface area contributed by atoms with Gasteiger partial charge < -0.3 is 9.84 Å². The molecule has 0 aliphatic rings. The predicted octanol–water partition coefficient (Wildman–Crippen LogP) is 6.87. The first-order chi connectivity index (χ1) is 19.5. The van der Waals surface area contributed by atoms with Crippen molar-refractivity contribution in [3.8, 4) is 16.9 Å². The number of hydrogen-bond acceptors (Lipinski definition) is 5. The van der Waals surface area contributed by atoms with E-state index in [2.05, 4.69) is 4.98 Å². The van der Waals surface area contributed by atoms with Crippen LogP contribution in [0.3, 0.4) is 0 Å². The summed E-state index contributed by atoms with van der Waals surface area (Å²) in [5, 5.41) is 10.9. The molecule has 0 atom stereocenters. The largest absolute Gasteiger partial charge is 0.496 e. The molecule has 2 heterocycles. The Labute approximate surface area is 239 Å². The van der Waals surface area contributed by atoms with Gasteiger partial charge in [0.2, 0.25) is 0 Å². The Morgan fingerprint density at radius 1 is 0.927 bits per heavy atom. The number of rotatable bonds is 7. The van der Waals surface area contributed by atoms with Crippen molar-refractivity contribution < 1.29 is 23.1 Å². The quantitative estimate of drug-likeness (QED) is 0.230. The van der Waals surface area contributed by atoms with Gasteiger partial charge in [-0.25, -0.2) is 17.2 Å². The van der Waals surface area contributed by atoms with Crippen LogP contribution >= 0.6 is 0 Å². The maximum absolute atomic E-state index is 13.3. The van der Waals surface area contributed by atoms with E-state index < -0.39 is 16.1 Å². The summed E-state index contributed by atoms with van der Waals surface area (Å²) in [6.45, 7) is 7.64. The van der Waals surface area contributed by atoms with Crippen molar-refractivity contribution in [2.24, 2.45) is 0 Å². The van der Waals surface area contributed by atoms with Crippen molar-refractivity contribution in [1.82, 2.24) is 8.96 Å². The van der Waals surface area contributed by atoms with Gasteiger partial charge in [0.25, 0.3) is 10.0 Å². The molecule has 0 saturated carbocycles. The molecular weight excluding hydrogens is 538 g/mol. The number of ether oxygens (including phenoxy) is 1. The highest BCUT2D eigenvalue weighted by molar-refractivity contribution is 7.90. The van der Waals surface area contributed by atoms with Crippen LogP contribution in [0.4, 0.5) is 10.5 Å². The lowest BCUT2D eigenvalue weighted by Crippen LogP contribution is -2.29. The maximum atomic E-state index is 13.3. The number of aromatic nitrogens is 2. The standard InChI is InChI=1S/C32H31N3O5S/c1-20-6-9-28(10-7-20)41(38,39)35-13-12-25-16-24(8-11-30(25)35)26-14-21(2)15-27(17-26)34(32(36)37)19-29-23(4)31(40-5)22(3)18-33-29/h6-18H,19H2,1-5H3,(H,36,37). The molecule has 2 aromatic heterocycles. The van der Waals surface area contributed by atoms with Gasteiger partial charge in [-0.05, 0) is 86.8 Å². The van der Waals surface area contributed by atoms with Gasteiger partial charge in [0.05, 0.1) is 29.8 Å². The monoisotopic (exact) mass is 569 g/mol. The molecule has 3 aromatic carbocycles. The third-order valence-corrected chi connectivity index (χ3v) is 8.93. The minimum Gasteiger partial charge on any atom is -0.496 e. The summed E-state index contributed by atoms with van der Waals surface area (Å²) in [7, 11) is -2.17. The minimum atomic E-state index is -3.76. The summed E-state index contributed by atoms with van der Waals surface area (Å²) in [4.78, 5) is 18.4. The molecule has 1 N–H and O–H groups in total. The van der Waals surface area contributed by atoms with Gasteiger partial charge in [-0.1, -0.05) is 29.8 Å². The Morgan fingerprint density at radius 3 is 2.34 bits per heavy atom. The Morgan fingerprint density at radius 2 is 1.66 bits per heavy atom. The molecule has 5 rings (SSSR count). The first kappa shape index (κ1) is 27.9. The molecule has 9 heteroatoms. The molecule has 0 bridgehead atoms. The Balaban J connectivity index is 1.52. The molecule has 41 heavy (non-hydrogen) atoms. The van der Waals surface area contributed by atoms with Crippen molar-refractivity contribution in [1.29, 1.82) is 0 Å². The highest BCUT2D eigenvalue weighted by atomic mass is 32.2. The van der Waals surface area contributed by atoms with Crippen LogP contribution < -0.4 is 9.64 Å². The van der Waals surface area contributed by atoms with Crippen LogP contribution in [0.1, 0.15) is 27.9 Å². The number of carbonyl (C=O) groups is 1. The van der Waals surface area contributed by atoms with E-state index in [-0.39, 0.29) is 11.4 Å². The second kappa shape index (κ2) is 10.7. The summed E-state index contributed by atoms with van der Waals surface area (Å²) < 4.78 is 33.4. The highest BCUT2D eigenvalue weighted by Gasteiger charge is 2.21. The van der Waals surface area contributed by atoms with Gasteiger partial charge in [0.1, 0.15) is 5.75 Å². The molecule has 1 amide bonds. The molecule has 0 saturated heterocycles. The number of pyridine rings is 1. The number of aryl methyl sites for hydroxylation is 3. The van der Waals surface area contributed by atoms with E-state index in [1.165, 1.54) is 8.87 Å². The molecule has 0 spiro atoms. The fourth-order valence-corrected chi connectivity index (χ4v) is 6.42. The second-order valence-electron chi connectivity index (χ2n) is 10.2. The van der Waals surface area contributed by atoms with Gasteiger partial charge in [0.15, 0.2) is 0 Å². The van der Waals surface area contributed by atoms with Crippen molar-refractivity contribution >= 4 is 32.7 Å². The fourth-order valence-electron chi connectivity index (χ4n) is 5.06. The van der Waals surface area contributed by atoms with Crippen LogP contribution in [-0.2, 0) is 16.6 Å². The summed E-state index contributed by atoms with van der Waals surface area (Å²) in [5.41, 5.74) is 6.86. The fraction of sp³-hybridized carbons (Fsp3) is 0.188. The van der Waals surface area contributed by atoms with Crippen LogP contribution in [0.2, 0.25) is 0 Å². The normalized spacial score (nSPS) is 11.5. The summed E-state index contributed by atoms with van der Waals surface area (Å²) in [5.74, 6) is 0.690. The molecule has 0 unspecified atom stereocenters. The van der Waals surface area contributed by atoms with Crippen molar-refractivity contribution in [3.05, 3.63) is 107 Å². The van der Waals surface area contributed by atoms with Crippen molar-refractivity contribution in [2.45, 2.75) is 39.1 Å². The third-order valence-electron chi connectivity index (χ3n) is 7.23. The first-order valence-electron chi connectivity index (χ1n) is 13.0. The van der Waals surface area contributed by atoms with Gasteiger partial charge in [-0.3, -0.25) is 9.88 Å². The van der Waals surface area contributed by atoms with E-state index in [1.54, 1.807) is 55.9 Å². The zero-order chi connectivity index (χ0) is 29.5. The average molecular weight is 570 g/mol. The number of benzene rings is 3. The lowest BCUT2D eigenvalue weighted by molar-refractivity contribution is 0.201. The SMILES string of the molecule is COc1c(C)cnc(CN(C(=O)O)c2cc(C)cc(-c3ccc4c(ccn4S(=O)(=O)c4ccc(C)cc4)c3)c2)c1C. The number of anilines is 1. The predicted molar refractivity (Wildman–Crippen MR) is 160 cm³/mol. The minimum absolute atomic E-state index is 0.0550. The first-order valence-corrected chi connectivity index (χ1v) is 14.5. The summed E-state index contributed by atoms with van der Waals surface area (Å²) in [6, 6.07) is 19.7. The van der Waals surface area contributed by atoms with E-state index >= 15 is 0 Å². The molecule has 5 aromatic rings. The van der Waals surface area contributed by atoms with E-state index in [9.17, 15) is 18.3 Å². The number of fused-ring (bicyclic) bond motifs is 1. The van der Waals surface area contributed by atoms with E-state index in [1.807, 2.05) is 58.0 Å². The number of hydrogen-bond donors (Lipinski definition) is 1. The van der Waals surface area contributed by atoms with Crippen LogP contribution in [-0.4, -0.2) is 35.7 Å². The lowest BCUT2D eigenvalue weighted by atomic mass is 10.0. The smallest absolute Gasteiger partial charge is 0.412 e. The maximum Gasteiger partial charge on any atom is 0.412 e. The lowest BCUT2D eigenvalue weighted by Gasteiger charge is -2.22. The Kier molecular flexibility index (Phi) is 7.31. The molecule has 8 nitrogen and oxygen atoms in total. The van der Waals surface area contributed by atoms with Gasteiger partial charge >= 0.3 is 6.09 Å². The Hall–Kier alpha value is -4.63. The molecule has 210 valence electrons. The highest BCUT2D eigenvalue weighted by Crippen LogP contribution is 2.32. The zero-order valence-corrected chi connectivity index (χ0v) is 24.4. The summed E-state index contributed by atoms with van der Waals surface area (Å²) >= 11 is 0. The Bertz CT molecular complexity index is 1890. The van der Waals surface area contributed by atoms with Gasteiger partial charge in [-0.15, -0.1) is 0 Å². The third kappa shape index (κ3) is 5.28. The van der Waals surface area contributed by atoms with Crippen LogP contribution in [0, 0.1) is 27.7 Å². The van der Waals surface area contributed by atoms with Gasteiger partial charge in [0, 0.05) is 34.6 Å². The topological polar surface area (TPSA) is 102 Å². The number of carboxylic acid groups (broad SMARTS) is 1. The number of methoxy groups -OCH3 is 1. The molecule has 0 fully saturated rings. The second-order valence-corrected chi connectivity index (χ2v) is 12.0.